The van der Waals surface area contributed by atoms with E-state index >= 15 is 0 Å². The molecule has 0 bridgehead atoms. The first-order valence-electron chi connectivity index (χ1n) is 4.69. The Kier molecular flexibility index (Phi) is 3.64. The van der Waals surface area contributed by atoms with Gasteiger partial charge in [0.05, 0.1) is 5.56 Å². The number of hydrogen-bond donors (Lipinski definition) is 2. The highest BCUT2D eigenvalue weighted by Gasteiger charge is 2.54. The molecule has 8 heteroatoms. The third-order valence-electron chi connectivity index (χ3n) is 2.43. The molecular weight excluding hydrogens is 264 g/mol. The topological polar surface area (TPSA) is 46.2 Å². The van der Waals surface area contributed by atoms with Gasteiger partial charge in [0, 0.05) is 6.54 Å². The van der Waals surface area contributed by atoms with E-state index < -0.39 is 35.6 Å². The number of alkyl halides is 6. The molecule has 18 heavy (non-hydrogen) atoms. The number of halogens is 6. The summed E-state index contributed by atoms with van der Waals surface area (Å²) in [6, 6.07) is 2.37. The van der Waals surface area contributed by atoms with Crippen LogP contribution in [0.2, 0.25) is 0 Å². The lowest BCUT2D eigenvalue weighted by Crippen LogP contribution is -2.48. The van der Waals surface area contributed by atoms with Gasteiger partial charge in [0.25, 0.3) is 0 Å². The van der Waals surface area contributed by atoms with Gasteiger partial charge in [0.2, 0.25) is 0 Å². The molecule has 0 aliphatic rings. The quantitative estimate of drug-likeness (QED) is 0.813. The van der Waals surface area contributed by atoms with Gasteiger partial charge in [-0.3, -0.25) is 0 Å². The number of benzene rings is 1. The van der Waals surface area contributed by atoms with Gasteiger partial charge in [-0.1, -0.05) is 12.1 Å². The zero-order valence-corrected chi connectivity index (χ0v) is 8.81. The molecule has 0 radical (unpaired) electrons. The predicted octanol–water partition coefficient (Wildman–Crippen LogP) is 2.41. The minimum atomic E-state index is -5.16. The summed E-state index contributed by atoms with van der Waals surface area (Å²) in [4.78, 5) is 0. The van der Waals surface area contributed by atoms with Crippen molar-refractivity contribution in [2.45, 2.75) is 18.0 Å². The van der Waals surface area contributed by atoms with E-state index in [0.29, 0.717) is 6.07 Å². The molecule has 0 saturated heterocycles. The van der Waals surface area contributed by atoms with Crippen LogP contribution in [0.15, 0.2) is 24.3 Å². The molecule has 1 atom stereocenters. The molecule has 0 spiro atoms. The minimum absolute atomic E-state index is 0.236. The normalized spacial score (nSPS) is 16.4. The summed E-state index contributed by atoms with van der Waals surface area (Å²) in [5.41, 5.74) is -0.878. The minimum Gasteiger partial charge on any atom is -0.375 e. The summed E-state index contributed by atoms with van der Waals surface area (Å²) < 4.78 is 74.9. The smallest absolute Gasteiger partial charge is 0.375 e. The van der Waals surface area contributed by atoms with Crippen LogP contribution in [0.3, 0.4) is 0 Å². The molecule has 3 N–H and O–H groups in total. The van der Waals surface area contributed by atoms with Crippen molar-refractivity contribution in [2.24, 2.45) is 5.73 Å². The first-order chi connectivity index (χ1) is 8.02. The van der Waals surface area contributed by atoms with Crippen molar-refractivity contribution in [1.29, 1.82) is 0 Å². The molecule has 2 nitrogen and oxygen atoms in total. The molecule has 0 heterocycles. The molecule has 0 aromatic heterocycles. The SMILES string of the molecule is NC[C@@](O)(c1cccc(C(F)(F)F)c1)C(F)(F)F. The summed E-state index contributed by atoms with van der Waals surface area (Å²) in [6.45, 7) is -1.27. The zero-order chi connectivity index (χ0) is 14.2. The fourth-order valence-corrected chi connectivity index (χ4v) is 1.35. The zero-order valence-electron chi connectivity index (χ0n) is 8.81. The number of aliphatic hydroxyl groups is 1. The summed E-state index contributed by atoms with van der Waals surface area (Å²) >= 11 is 0. The van der Waals surface area contributed by atoms with Crippen LogP contribution in [-0.2, 0) is 11.8 Å². The molecule has 1 aromatic rings. The predicted molar refractivity (Wildman–Crippen MR) is 50.5 cm³/mol. The van der Waals surface area contributed by atoms with E-state index in [1.165, 1.54) is 0 Å². The van der Waals surface area contributed by atoms with Crippen molar-refractivity contribution in [1.82, 2.24) is 0 Å². The van der Waals surface area contributed by atoms with Crippen molar-refractivity contribution in [3.63, 3.8) is 0 Å². The maximum absolute atomic E-state index is 12.6. The summed E-state index contributed by atoms with van der Waals surface area (Å²) in [6.07, 6.45) is -9.96. The molecular formula is C10H9F6NO. The van der Waals surface area contributed by atoms with Gasteiger partial charge in [-0.15, -0.1) is 0 Å². The van der Waals surface area contributed by atoms with E-state index in [0.717, 1.165) is 12.1 Å². The van der Waals surface area contributed by atoms with Gasteiger partial charge >= 0.3 is 12.4 Å². The molecule has 0 amide bonds. The Balaban J connectivity index is 3.33. The van der Waals surface area contributed by atoms with E-state index in [2.05, 4.69) is 0 Å². The van der Waals surface area contributed by atoms with Crippen molar-refractivity contribution in [3.8, 4) is 0 Å². The molecule has 1 aromatic carbocycles. The van der Waals surface area contributed by atoms with Crippen LogP contribution in [0.1, 0.15) is 11.1 Å². The standard InChI is InChI=1S/C10H9F6NO/c11-9(12,13)7-3-1-2-6(4-7)8(18,5-17)10(14,15)16/h1-4,18H,5,17H2/t8-/m1/s1. The maximum atomic E-state index is 12.6. The van der Waals surface area contributed by atoms with Crippen LogP contribution in [0.5, 0.6) is 0 Å². The highest BCUT2D eigenvalue weighted by molar-refractivity contribution is 5.31. The van der Waals surface area contributed by atoms with E-state index in [9.17, 15) is 31.4 Å². The maximum Gasteiger partial charge on any atom is 0.422 e. The van der Waals surface area contributed by atoms with Crippen molar-refractivity contribution < 1.29 is 31.4 Å². The Morgan fingerprint density at radius 2 is 1.50 bits per heavy atom. The molecule has 0 saturated carbocycles. The second-order valence-electron chi connectivity index (χ2n) is 3.64. The Morgan fingerprint density at radius 1 is 1.00 bits per heavy atom. The number of rotatable bonds is 2. The molecule has 1 rings (SSSR count). The lowest BCUT2D eigenvalue weighted by atomic mass is 9.92. The molecule has 102 valence electrons. The second-order valence-corrected chi connectivity index (χ2v) is 3.64. The van der Waals surface area contributed by atoms with Crippen LogP contribution in [-0.4, -0.2) is 17.8 Å². The Morgan fingerprint density at radius 3 is 1.89 bits per heavy atom. The fourth-order valence-electron chi connectivity index (χ4n) is 1.35. The Labute approximate surface area is 98.0 Å². The van der Waals surface area contributed by atoms with Crippen LogP contribution in [0, 0.1) is 0 Å². The summed E-state index contributed by atoms with van der Waals surface area (Å²) in [7, 11) is 0. The van der Waals surface area contributed by atoms with Gasteiger partial charge in [0.1, 0.15) is 0 Å². The highest BCUT2D eigenvalue weighted by atomic mass is 19.4. The van der Waals surface area contributed by atoms with Crippen LogP contribution < -0.4 is 5.73 Å². The average molecular weight is 273 g/mol. The van der Waals surface area contributed by atoms with Gasteiger partial charge in [-0.2, -0.15) is 26.3 Å². The van der Waals surface area contributed by atoms with Crippen molar-refractivity contribution in [2.75, 3.05) is 6.54 Å². The first kappa shape index (κ1) is 14.8. The highest BCUT2D eigenvalue weighted by Crippen LogP contribution is 2.40. The van der Waals surface area contributed by atoms with Gasteiger partial charge in [0.15, 0.2) is 5.60 Å². The third kappa shape index (κ3) is 2.59. The van der Waals surface area contributed by atoms with E-state index in [1.54, 1.807) is 0 Å². The largest absolute Gasteiger partial charge is 0.422 e. The van der Waals surface area contributed by atoms with Gasteiger partial charge in [-0.25, -0.2) is 0 Å². The van der Waals surface area contributed by atoms with Gasteiger partial charge < -0.3 is 10.8 Å². The van der Waals surface area contributed by atoms with E-state index in [4.69, 9.17) is 5.73 Å². The van der Waals surface area contributed by atoms with Crippen molar-refractivity contribution >= 4 is 0 Å². The molecule has 0 unspecified atom stereocenters. The average Bonchev–Trinajstić information content (AvgIpc) is 2.25. The van der Waals surface area contributed by atoms with Crippen LogP contribution in [0.25, 0.3) is 0 Å². The van der Waals surface area contributed by atoms with E-state index in [1.807, 2.05) is 0 Å². The van der Waals surface area contributed by atoms with Crippen LogP contribution >= 0.6 is 0 Å². The summed E-state index contributed by atoms with van der Waals surface area (Å²) in [5.74, 6) is 0. The lowest BCUT2D eigenvalue weighted by molar-refractivity contribution is -0.262. The molecule has 0 aliphatic heterocycles. The third-order valence-corrected chi connectivity index (χ3v) is 2.43. The van der Waals surface area contributed by atoms with Crippen molar-refractivity contribution in [3.05, 3.63) is 35.4 Å². The fraction of sp³-hybridized carbons (Fsp3) is 0.400. The second kappa shape index (κ2) is 4.43. The van der Waals surface area contributed by atoms with Gasteiger partial charge in [-0.05, 0) is 17.7 Å². The number of hydrogen-bond acceptors (Lipinski definition) is 2. The summed E-state index contributed by atoms with van der Waals surface area (Å²) in [5, 5.41) is 9.40. The molecule has 0 aliphatic carbocycles. The number of nitrogens with two attached hydrogens (primary N) is 1. The van der Waals surface area contributed by atoms with Crippen LogP contribution in [0.4, 0.5) is 26.3 Å². The van der Waals surface area contributed by atoms with E-state index in [-0.39, 0.29) is 6.07 Å². The first-order valence-corrected chi connectivity index (χ1v) is 4.69. The Hall–Kier alpha value is -1.28. The lowest BCUT2D eigenvalue weighted by Gasteiger charge is -2.29. The Bertz CT molecular complexity index is 427. The molecule has 0 fully saturated rings. The monoisotopic (exact) mass is 273 g/mol.